The summed E-state index contributed by atoms with van der Waals surface area (Å²) >= 11 is 1.58. The second-order valence-corrected chi connectivity index (χ2v) is 8.65. The summed E-state index contributed by atoms with van der Waals surface area (Å²) < 4.78 is 14.9. The quantitative estimate of drug-likeness (QED) is 0.319. The summed E-state index contributed by atoms with van der Waals surface area (Å²) in [5.74, 6) is -3.03. The molecule has 1 aliphatic rings. The highest BCUT2D eigenvalue weighted by Gasteiger charge is 2.35. The van der Waals surface area contributed by atoms with Crippen molar-refractivity contribution in [2.45, 2.75) is 10.6 Å². The highest BCUT2D eigenvalue weighted by Crippen LogP contribution is 2.44. The zero-order valence-electron chi connectivity index (χ0n) is 17.7. The molecule has 0 saturated carbocycles. The molecule has 6 nitrogen and oxygen atoms in total. The fourth-order valence-corrected chi connectivity index (χ4v) is 4.94. The number of halogens is 1. The van der Waals surface area contributed by atoms with Gasteiger partial charge in [0, 0.05) is 27.5 Å². The van der Waals surface area contributed by atoms with Gasteiger partial charge < -0.3 is 5.32 Å². The average molecular weight is 469 g/mol. The minimum absolute atomic E-state index is 0.0988. The molecule has 0 bridgehead atoms. The molecule has 0 radical (unpaired) electrons. The van der Waals surface area contributed by atoms with Crippen molar-refractivity contribution in [3.05, 3.63) is 95.9 Å². The molecule has 1 atom stereocenters. The van der Waals surface area contributed by atoms with E-state index in [1.165, 1.54) is 24.3 Å². The zero-order valence-corrected chi connectivity index (χ0v) is 18.6. The van der Waals surface area contributed by atoms with Gasteiger partial charge in [0.15, 0.2) is 5.92 Å². The number of benzene rings is 3. The van der Waals surface area contributed by atoms with E-state index in [4.69, 9.17) is 0 Å². The molecule has 1 amide bonds. The number of hydrogen-bond acceptors (Lipinski definition) is 5. The van der Waals surface area contributed by atoms with Crippen LogP contribution in [0.1, 0.15) is 16.1 Å². The Morgan fingerprint density at radius 2 is 1.74 bits per heavy atom. The SMILES string of the molecule is N#CC(C(=O)Nc1ccc(F)cc1)C(=O)c1nn(-c2ccccc2)c2c1CSc1ccccc1-2. The van der Waals surface area contributed by atoms with E-state index in [1.807, 2.05) is 60.7 Å². The Morgan fingerprint density at radius 1 is 1.03 bits per heavy atom. The van der Waals surface area contributed by atoms with Crippen molar-refractivity contribution in [2.24, 2.45) is 5.92 Å². The van der Waals surface area contributed by atoms with Crippen LogP contribution in [0.3, 0.4) is 0 Å². The summed E-state index contributed by atoms with van der Waals surface area (Å²) in [6.45, 7) is 0. The predicted molar refractivity (Wildman–Crippen MR) is 127 cm³/mol. The number of para-hydroxylation sites is 1. The van der Waals surface area contributed by atoms with E-state index in [1.54, 1.807) is 16.4 Å². The number of nitrogens with one attached hydrogen (secondary N) is 1. The molecule has 1 N–H and O–H groups in total. The number of rotatable bonds is 5. The molecule has 8 heteroatoms. The molecule has 4 aromatic rings. The van der Waals surface area contributed by atoms with Crippen molar-refractivity contribution < 1.29 is 14.0 Å². The summed E-state index contributed by atoms with van der Waals surface area (Å²) in [6, 6.07) is 24.2. The van der Waals surface area contributed by atoms with Gasteiger partial charge in [-0.1, -0.05) is 36.4 Å². The molecule has 166 valence electrons. The first-order valence-electron chi connectivity index (χ1n) is 10.5. The van der Waals surface area contributed by atoms with E-state index in [-0.39, 0.29) is 5.69 Å². The average Bonchev–Trinajstić information content (AvgIpc) is 3.27. The molecule has 0 fully saturated rings. The molecular formula is C26H17FN4O2S. The third-order valence-corrected chi connectivity index (χ3v) is 6.60. The molecule has 0 saturated heterocycles. The lowest BCUT2D eigenvalue weighted by atomic mass is 9.97. The number of anilines is 1. The van der Waals surface area contributed by atoms with Gasteiger partial charge in [-0.3, -0.25) is 9.59 Å². The van der Waals surface area contributed by atoms with E-state index in [0.29, 0.717) is 17.0 Å². The third kappa shape index (κ3) is 3.87. The molecule has 34 heavy (non-hydrogen) atoms. The van der Waals surface area contributed by atoms with Crippen LogP contribution in [0.5, 0.6) is 0 Å². The fraction of sp³-hybridized carbons (Fsp3) is 0.0769. The van der Waals surface area contributed by atoms with Gasteiger partial charge in [-0.05, 0) is 42.5 Å². The second-order valence-electron chi connectivity index (χ2n) is 7.63. The van der Waals surface area contributed by atoms with Gasteiger partial charge in [-0.2, -0.15) is 10.4 Å². The summed E-state index contributed by atoms with van der Waals surface area (Å²) in [7, 11) is 0. The summed E-state index contributed by atoms with van der Waals surface area (Å²) in [5.41, 5.74) is 3.56. The maximum atomic E-state index is 13.5. The number of nitrogens with zero attached hydrogens (tertiary/aromatic N) is 3. The van der Waals surface area contributed by atoms with Crippen molar-refractivity contribution in [2.75, 3.05) is 5.32 Å². The van der Waals surface area contributed by atoms with E-state index in [2.05, 4.69) is 10.4 Å². The maximum Gasteiger partial charge on any atom is 0.249 e. The van der Waals surface area contributed by atoms with Crippen LogP contribution in [0.25, 0.3) is 16.9 Å². The largest absolute Gasteiger partial charge is 0.325 e. The summed E-state index contributed by atoms with van der Waals surface area (Å²) in [6.07, 6.45) is 0. The van der Waals surface area contributed by atoms with Crippen LogP contribution in [-0.4, -0.2) is 21.5 Å². The number of thioether (sulfide) groups is 1. The van der Waals surface area contributed by atoms with Gasteiger partial charge in [-0.25, -0.2) is 9.07 Å². The van der Waals surface area contributed by atoms with Crippen molar-refractivity contribution in [1.82, 2.24) is 9.78 Å². The zero-order chi connectivity index (χ0) is 23.7. The van der Waals surface area contributed by atoms with Crippen LogP contribution >= 0.6 is 11.8 Å². The summed E-state index contributed by atoms with van der Waals surface area (Å²) in [4.78, 5) is 27.3. The number of aromatic nitrogens is 2. The number of carbonyl (C=O) groups is 2. The van der Waals surface area contributed by atoms with Crippen molar-refractivity contribution >= 4 is 29.1 Å². The highest BCUT2D eigenvalue weighted by atomic mass is 32.2. The van der Waals surface area contributed by atoms with Gasteiger partial charge in [0.05, 0.1) is 17.5 Å². The number of ketones is 1. The molecular weight excluding hydrogens is 451 g/mol. The lowest BCUT2D eigenvalue weighted by Crippen LogP contribution is -2.29. The van der Waals surface area contributed by atoms with Crippen LogP contribution in [0.15, 0.2) is 83.8 Å². The molecule has 1 unspecified atom stereocenters. The predicted octanol–water partition coefficient (Wildman–Crippen LogP) is 5.25. The number of carbonyl (C=O) groups excluding carboxylic acids is 2. The lowest BCUT2D eigenvalue weighted by molar-refractivity contribution is -0.117. The number of amides is 1. The monoisotopic (exact) mass is 468 g/mol. The first-order chi connectivity index (χ1) is 16.6. The normalized spacial score (nSPS) is 12.7. The Balaban J connectivity index is 1.57. The van der Waals surface area contributed by atoms with Gasteiger partial charge in [0.2, 0.25) is 11.7 Å². The van der Waals surface area contributed by atoms with Crippen LogP contribution in [0, 0.1) is 23.1 Å². The Hall–Kier alpha value is -4.22. The molecule has 5 rings (SSSR count). The van der Waals surface area contributed by atoms with E-state index in [9.17, 15) is 19.2 Å². The molecule has 2 heterocycles. The van der Waals surface area contributed by atoms with E-state index in [0.717, 1.165) is 21.8 Å². The first kappa shape index (κ1) is 21.6. The van der Waals surface area contributed by atoms with Gasteiger partial charge >= 0.3 is 0 Å². The minimum atomic E-state index is -1.60. The number of fused-ring (bicyclic) bond motifs is 3. The van der Waals surface area contributed by atoms with Crippen molar-refractivity contribution in [3.8, 4) is 23.0 Å². The highest BCUT2D eigenvalue weighted by molar-refractivity contribution is 7.98. The Morgan fingerprint density at radius 3 is 2.47 bits per heavy atom. The topological polar surface area (TPSA) is 87.8 Å². The fourth-order valence-electron chi connectivity index (χ4n) is 3.88. The van der Waals surface area contributed by atoms with Gasteiger partial charge in [0.1, 0.15) is 11.5 Å². The molecule has 0 spiro atoms. The van der Waals surface area contributed by atoms with Crippen molar-refractivity contribution in [3.63, 3.8) is 0 Å². The minimum Gasteiger partial charge on any atom is -0.325 e. The second kappa shape index (κ2) is 8.96. The van der Waals surface area contributed by atoms with Crippen molar-refractivity contribution in [1.29, 1.82) is 5.26 Å². The first-order valence-corrected chi connectivity index (χ1v) is 11.4. The van der Waals surface area contributed by atoms with Gasteiger partial charge in [-0.15, -0.1) is 11.8 Å². The smallest absolute Gasteiger partial charge is 0.249 e. The number of nitriles is 1. The van der Waals surface area contributed by atoms with E-state index >= 15 is 0 Å². The van der Waals surface area contributed by atoms with E-state index < -0.39 is 23.4 Å². The standard InChI is InChI=1S/C26H17FN4O2S/c27-16-10-12-17(13-11-16)29-26(33)20(14-28)25(32)23-21-15-34-22-9-5-4-8-19(22)24(21)31(30-23)18-6-2-1-3-7-18/h1-13,20H,15H2,(H,29,33). The Labute approximate surface area is 199 Å². The molecule has 3 aromatic carbocycles. The maximum absolute atomic E-state index is 13.5. The summed E-state index contributed by atoms with van der Waals surface area (Å²) in [5, 5.41) is 16.8. The Bertz CT molecular complexity index is 1440. The molecule has 1 aliphatic heterocycles. The lowest BCUT2D eigenvalue weighted by Gasteiger charge is -2.18. The van der Waals surface area contributed by atoms with Crippen LogP contribution in [0.4, 0.5) is 10.1 Å². The molecule has 1 aromatic heterocycles. The number of Topliss-reactive ketones (excluding diaryl/α,β-unsaturated/α-hetero) is 1. The van der Waals surface area contributed by atoms with Gasteiger partial charge in [0.25, 0.3) is 0 Å². The van der Waals surface area contributed by atoms with Crippen LogP contribution in [-0.2, 0) is 10.5 Å². The van der Waals surface area contributed by atoms with Crippen LogP contribution < -0.4 is 5.32 Å². The third-order valence-electron chi connectivity index (χ3n) is 5.50. The molecule has 0 aliphatic carbocycles. The van der Waals surface area contributed by atoms with Crippen LogP contribution in [0.2, 0.25) is 0 Å². The Kier molecular flexibility index (Phi) is 5.70. The number of hydrogen-bond donors (Lipinski definition) is 1.